The van der Waals surface area contributed by atoms with E-state index in [-0.39, 0.29) is 23.5 Å². The zero-order valence-electron chi connectivity index (χ0n) is 27.2. The van der Waals surface area contributed by atoms with Crippen molar-refractivity contribution < 1.29 is 23.4 Å². The molecule has 13 heteroatoms. The Morgan fingerprint density at radius 2 is 1.91 bits per heavy atom. The molecule has 0 saturated carbocycles. The second-order valence-corrected chi connectivity index (χ2v) is 12.8. The predicted octanol–water partition coefficient (Wildman–Crippen LogP) is 6.14. The molecule has 0 bridgehead atoms. The lowest BCUT2D eigenvalue weighted by Gasteiger charge is -2.36. The van der Waals surface area contributed by atoms with E-state index in [1.54, 1.807) is 24.4 Å². The zero-order chi connectivity index (χ0) is 33.0. The van der Waals surface area contributed by atoms with Gasteiger partial charge in [0.2, 0.25) is 0 Å². The monoisotopic (exact) mass is 644 g/mol. The maximum atomic E-state index is 14.8. The molecule has 2 N–H and O–H groups in total. The van der Waals surface area contributed by atoms with Crippen molar-refractivity contribution in [3.8, 4) is 28.3 Å². The summed E-state index contributed by atoms with van der Waals surface area (Å²) in [6, 6.07) is 8.46. The average Bonchev–Trinajstić information content (AvgIpc) is 3.55. The first-order valence-electron chi connectivity index (χ1n) is 16.0. The van der Waals surface area contributed by atoms with Gasteiger partial charge in [-0.25, -0.2) is 24.1 Å². The summed E-state index contributed by atoms with van der Waals surface area (Å²) in [6.45, 7) is 8.39. The van der Waals surface area contributed by atoms with Crippen molar-refractivity contribution in [2.75, 3.05) is 43.6 Å². The molecule has 248 valence electrons. The molecule has 6 rings (SSSR count). The first-order chi connectivity index (χ1) is 22.7. The lowest BCUT2D eigenvalue weighted by molar-refractivity contribution is 0.0500. The van der Waals surface area contributed by atoms with Crippen molar-refractivity contribution >= 4 is 23.4 Å². The summed E-state index contributed by atoms with van der Waals surface area (Å²) in [5.74, 6) is 1.05. The van der Waals surface area contributed by atoms with Crippen LogP contribution in [0.1, 0.15) is 52.5 Å². The number of nitrogens with zero attached hydrogens (tertiary/aromatic N) is 6. The van der Waals surface area contributed by atoms with Crippen LogP contribution in [0.4, 0.5) is 26.5 Å². The molecular weight excluding hydrogens is 603 g/mol. The number of hydrogen-bond donors (Lipinski definition) is 2. The minimum absolute atomic E-state index is 0.0961. The van der Waals surface area contributed by atoms with Crippen LogP contribution in [0, 0.1) is 5.82 Å². The number of methoxy groups -OCH3 is 1. The molecule has 12 nitrogen and oxygen atoms in total. The molecule has 1 atom stereocenters. The van der Waals surface area contributed by atoms with Crippen LogP contribution >= 0.6 is 0 Å². The minimum atomic E-state index is -0.583. The van der Waals surface area contributed by atoms with Crippen LogP contribution in [0.15, 0.2) is 55.1 Å². The van der Waals surface area contributed by atoms with Crippen LogP contribution in [0.25, 0.3) is 22.5 Å². The standard InChI is InChI=1S/C34H41FN8O4/c1-34(2,3)47-33(44)39-23-7-6-14-42(21-23)27-17-30(37-19-25(27)22-18-38-43(20-22)24-11-15-46-16-12-24)40-29-10-13-36-32(41-29)31-26(35)8-5-9-28(31)45-4/h5,8-10,13,17-20,23-24H,6-7,11-12,14-16,21H2,1-4H3,(H,39,44)(H,36,37,40,41)/t23-/m0/s1. The van der Waals surface area contributed by atoms with Gasteiger partial charge >= 0.3 is 6.09 Å². The summed E-state index contributed by atoms with van der Waals surface area (Å²) in [5.41, 5.74) is 2.41. The number of alkyl carbamates (subject to hydrolysis) is 1. The quantitative estimate of drug-likeness (QED) is 0.231. The highest BCUT2D eigenvalue weighted by Gasteiger charge is 2.27. The van der Waals surface area contributed by atoms with Gasteiger partial charge in [0.1, 0.15) is 28.8 Å². The molecule has 2 fully saturated rings. The third-order valence-electron chi connectivity index (χ3n) is 8.17. The summed E-state index contributed by atoms with van der Waals surface area (Å²) in [7, 11) is 1.48. The highest BCUT2D eigenvalue weighted by Crippen LogP contribution is 2.36. The number of carbonyl (C=O) groups is 1. The Bertz CT molecular complexity index is 1700. The first-order valence-corrected chi connectivity index (χ1v) is 16.0. The van der Waals surface area contributed by atoms with Crippen LogP contribution < -0.4 is 20.3 Å². The molecule has 0 spiro atoms. The lowest BCUT2D eigenvalue weighted by Crippen LogP contribution is -2.49. The van der Waals surface area contributed by atoms with Crippen molar-refractivity contribution in [2.24, 2.45) is 0 Å². The molecule has 1 aromatic carbocycles. The normalized spacial score (nSPS) is 17.3. The van der Waals surface area contributed by atoms with Crippen molar-refractivity contribution in [3.05, 3.63) is 60.9 Å². The molecule has 5 heterocycles. The average molecular weight is 645 g/mol. The maximum absolute atomic E-state index is 14.8. The SMILES string of the molecule is COc1cccc(F)c1-c1nccc(Nc2cc(N3CCC[C@H](NC(=O)OC(C)(C)C)C3)c(-c3cnn(C4CCOCC4)c3)cn2)n1. The number of halogens is 1. The molecule has 47 heavy (non-hydrogen) atoms. The van der Waals surface area contributed by atoms with E-state index >= 15 is 0 Å². The fourth-order valence-corrected chi connectivity index (χ4v) is 5.98. The fraction of sp³-hybridized carbons (Fsp3) is 0.441. The summed E-state index contributed by atoms with van der Waals surface area (Å²) in [5, 5.41) is 11.0. The number of hydrogen-bond acceptors (Lipinski definition) is 10. The third-order valence-corrected chi connectivity index (χ3v) is 8.17. The minimum Gasteiger partial charge on any atom is -0.496 e. The van der Waals surface area contributed by atoms with E-state index in [0.717, 1.165) is 62.3 Å². The van der Waals surface area contributed by atoms with E-state index in [1.807, 2.05) is 43.9 Å². The van der Waals surface area contributed by atoms with Gasteiger partial charge in [0.05, 0.1) is 30.6 Å². The van der Waals surface area contributed by atoms with Gasteiger partial charge < -0.3 is 29.7 Å². The Hall–Kier alpha value is -4.78. The number of pyridine rings is 1. The smallest absolute Gasteiger partial charge is 0.407 e. The molecule has 0 aliphatic carbocycles. The molecule has 2 saturated heterocycles. The number of anilines is 3. The third kappa shape index (κ3) is 7.79. The Labute approximate surface area is 273 Å². The van der Waals surface area contributed by atoms with Crippen LogP contribution in [-0.4, -0.2) is 75.9 Å². The molecule has 2 aliphatic rings. The Morgan fingerprint density at radius 1 is 1.09 bits per heavy atom. The van der Waals surface area contributed by atoms with E-state index in [9.17, 15) is 9.18 Å². The number of rotatable bonds is 8. The summed E-state index contributed by atoms with van der Waals surface area (Å²) >= 11 is 0. The highest BCUT2D eigenvalue weighted by molar-refractivity contribution is 5.80. The van der Waals surface area contributed by atoms with Gasteiger partial charge in [0.25, 0.3) is 0 Å². The number of piperidine rings is 1. The molecule has 2 aliphatic heterocycles. The van der Waals surface area contributed by atoms with Crippen molar-refractivity contribution in [2.45, 2.75) is 64.1 Å². The molecular formula is C34H41FN8O4. The van der Waals surface area contributed by atoms with Crippen LogP contribution in [0.3, 0.4) is 0 Å². The molecule has 3 aromatic heterocycles. The molecule has 4 aromatic rings. The van der Waals surface area contributed by atoms with Gasteiger partial charge in [-0.3, -0.25) is 4.68 Å². The highest BCUT2D eigenvalue weighted by atomic mass is 19.1. The largest absolute Gasteiger partial charge is 0.496 e. The summed E-state index contributed by atoms with van der Waals surface area (Å²) in [4.78, 5) is 28.5. The van der Waals surface area contributed by atoms with Gasteiger partial charge in [0.15, 0.2) is 5.82 Å². The number of nitrogens with one attached hydrogen (secondary N) is 2. The zero-order valence-corrected chi connectivity index (χ0v) is 27.2. The second kappa shape index (κ2) is 13.9. The summed E-state index contributed by atoms with van der Waals surface area (Å²) in [6.07, 6.45) is 10.5. The van der Waals surface area contributed by atoms with E-state index < -0.39 is 17.5 Å². The van der Waals surface area contributed by atoms with Crippen LogP contribution in [-0.2, 0) is 9.47 Å². The summed E-state index contributed by atoms with van der Waals surface area (Å²) < 4.78 is 33.3. The van der Waals surface area contributed by atoms with Gasteiger partial charge in [-0.05, 0) is 64.7 Å². The number of benzene rings is 1. The Balaban J connectivity index is 1.30. The van der Waals surface area contributed by atoms with E-state index in [4.69, 9.17) is 24.3 Å². The van der Waals surface area contributed by atoms with Crippen molar-refractivity contribution in [3.63, 3.8) is 0 Å². The first kappa shape index (κ1) is 32.2. The Morgan fingerprint density at radius 3 is 2.70 bits per heavy atom. The van der Waals surface area contributed by atoms with Gasteiger partial charge in [0, 0.05) is 68.1 Å². The van der Waals surface area contributed by atoms with Crippen molar-refractivity contribution in [1.29, 1.82) is 0 Å². The van der Waals surface area contributed by atoms with Gasteiger partial charge in [-0.1, -0.05) is 6.07 Å². The fourth-order valence-electron chi connectivity index (χ4n) is 5.98. The van der Waals surface area contributed by atoms with Crippen LogP contribution in [0.2, 0.25) is 0 Å². The van der Waals surface area contributed by atoms with Gasteiger partial charge in [-0.2, -0.15) is 5.10 Å². The Kier molecular flexibility index (Phi) is 9.53. The topological polar surface area (TPSA) is 129 Å². The molecule has 0 radical (unpaired) electrons. The number of aromatic nitrogens is 5. The molecule has 0 unspecified atom stereocenters. The number of carbonyl (C=O) groups excluding carboxylic acids is 1. The second-order valence-electron chi connectivity index (χ2n) is 12.8. The number of ether oxygens (including phenoxy) is 3. The van der Waals surface area contributed by atoms with Crippen LogP contribution in [0.5, 0.6) is 5.75 Å². The lowest BCUT2D eigenvalue weighted by atomic mass is 10.0. The van der Waals surface area contributed by atoms with Crippen molar-refractivity contribution in [1.82, 2.24) is 30.0 Å². The molecule has 1 amide bonds. The number of amides is 1. The van der Waals surface area contributed by atoms with E-state index in [0.29, 0.717) is 23.9 Å². The predicted molar refractivity (Wildman–Crippen MR) is 176 cm³/mol. The van der Waals surface area contributed by atoms with E-state index in [1.165, 1.54) is 13.2 Å². The maximum Gasteiger partial charge on any atom is 0.407 e. The van der Waals surface area contributed by atoms with E-state index in [2.05, 4.69) is 31.7 Å². The van der Waals surface area contributed by atoms with Gasteiger partial charge in [-0.15, -0.1) is 0 Å².